The molecule has 3 rings (SSSR count). The van der Waals surface area contributed by atoms with Crippen LogP contribution >= 0.6 is 0 Å². The Bertz CT molecular complexity index is 961. The first kappa shape index (κ1) is 19.5. The molecule has 0 bridgehead atoms. The SMILES string of the molecule is CCOC(=O)C(=Cc1ccc(OCc2ccccc2)c2ccccc12)OCC. The molecule has 0 aliphatic heterocycles. The van der Waals surface area contributed by atoms with E-state index in [1.54, 1.807) is 13.0 Å². The van der Waals surface area contributed by atoms with Crippen molar-refractivity contribution < 1.29 is 19.0 Å². The Balaban J connectivity index is 1.94. The predicted octanol–water partition coefficient (Wildman–Crippen LogP) is 5.36. The summed E-state index contributed by atoms with van der Waals surface area (Å²) in [6, 6.07) is 21.9. The molecule has 0 amide bonds. The van der Waals surface area contributed by atoms with Crippen LogP contribution in [0.1, 0.15) is 25.0 Å². The average molecular weight is 376 g/mol. The van der Waals surface area contributed by atoms with Gasteiger partial charge in [-0.05, 0) is 42.5 Å². The fourth-order valence-electron chi connectivity index (χ4n) is 2.94. The largest absolute Gasteiger partial charge is 0.488 e. The molecule has 144 valence electrons. The maximum Gasteiger partial charge on any atom is 0.373 e. The van der Waals surface area contributed by atoms with Crippen LogP contribution in [0.4, 0.5) is 0 Å². The number of ether oxygens (including phenoxy) is 3. The molecule has 0 saturated heterocycles. The molecule has 0 aliphatic rings. The molecule has 3 aromatic carbocycles. The fraction of sp³-hybridized carbons (Fsp3) is 0.208. The van der Waals surface area contributed by atoms with Crippen molar-refractivity contribution in [2.24, 2.45) is 0 Å². The van der Waals surface area contributed by atoms with Gasteiger partial charge in [0.1, 0.15) is 12.4 Å². The monoisotopic (exact) mass is 376 g/mol. The van der Waals surface area contributed by atoms with Gasteiger partial charge in [-0.15, -0.1) is 0 Å². The second-order valence-corrected chi connectivity index (χ2v) is 6.13. The lowest BCUT2D eigenvalue weighted by Crippen LogP contribution is -2.10. The summed E-state index contributed by atoms with van der Waals surface area (Å²) in [7, 11) is 0. The Morgan fingerprint density at radius 2 is 1.50 bits per heavy atom. The molecule has 4 heteroatoms. The lowest BCUT2D eigenvalue weighted by atomic mass is 10.0. The van der Waals surface area contributed by atoms with E-state index in [0.29, 0.717) is 19.8 Å². The zero-order valence-corrected chi connectivity index (χ0v) is 16.2. The molecular weight excluding hydrogens is 352 g/mol. The van der Waals surface area contributed by atoms with E-state index < -0.39 is 5.97 Å². The van der Waals surface area contributed by atoms with Gasteiger partial charge >= 0.3 is 5.97 Å². The molecule has 0 aliphatic carbocycles. The second kappa shape index (κ2) is 9.60. The van der Waals surface area contributed by atoms with Crippen LogP contribution in [0.3, 0.4) is 0 Å². The van der Waals surface area contributed by atoms with E-state index in [0.717, 1.165) is 27.6 Å². The lowest BCUT2D eigenvalue weighted by Gasteiger charge is -2.12. The molecular formula is C24H24O4. The van der Waals surface area contributed by atoms with Gasteiger partial charge in [-0.1, -0.05) is 60.7 Å². The number of rotatable bonds is 8. The van der Waals surface area contributed by atoms with E-state index in [1.165, 1.54) is 0 Å². The first-order valence-electron chi connectivity index (χ1n) is 9.43. The van der Waals surface area contributed by atoms with Crippen LogP contribution in [0.2, 0.25) is 0 Å². The number of carbonyl (C=O) groups excluding carboxylic acids is 1. The summed E-state index contributed by atoms with van der Waals surface area (Å²) in [5.74, 6) is 0.538. The van der Waals surface area contributed by atoms with Crippen LogP contribution in [-0.4, -0.2) is 19.2 Å². The average Bonchev–Trinajstić information content (AvgIpc) is 2.73. The number of hydrogen-bond donors (Lipinski definition) is 0. The van der Waals surface area contributed by atoms with Gasteiger partial charge in [-0.3, -0.25) is 0 Å². The molecule has 0 saturated carbocycles. The molecule has 0 fully saturated rings. The number of benzene rings is 3. The van der Waals surface area contributed by atoms with Crippen LogP contribution in [0.15, 0.2) is 72.5 Å². The van der Waals surface area contributed by atoms with Gasteiger partial charge in [0, 0.05) is 5.39 Å². The molecule has 4 nitrogen and oxygen atoms in total. The Morgan fingerprint density at radius 3 is 2.21 bits per heavy atom. The van der Waals surface area contributed by atoms with Crippen LogP contribution in [0.25, 0.3) is 16.8 Å². The molecule has 0 unspecified atom stereocenters. The van der Waals surface area contributed by atoms with Crippen LogP contribution in [0.5, 0.6) is 5.75 Å². The van der Waals surface area contributed by atoms with Gasteiger partial charge in [-0.25, -0.2) is 4.79 Å². The van der Waals surface area contributed by atoms with Crippen molar-refractivity contribution in [1.82, 2.24) is 0 Å². The quantitative estimate of drug-likeness (QED) is 0.302. The van der Waals surface area contributed by atoms with Gasteiger partial charge in [0.15, 0.2) is 0 Å². The van der Waals surface area contributed by atoms with Crippen LogP contribution < -0.4 is 4.74 Å². The highest BCUT2D eigenvalue weighted by atomic mass is 16.6. The van der Waals surface area contributed by atoms with Crippen molar-refractivity contribution in [3.63, 3.8) is 0 Å². The Labute approximate surface area is 165 Å². The van der Waals surface area contributed by atoms with E-state index in [2.05, 4.69) is 0 Å². The van der Waals surface area contributed by atoms with Gasteiger partial charge in [0.2, 0.25) is 5.76 Å². The molecule has 28 heavy (non-hydrogen) atoms. The van der Waals surface area contributed by atoms with Gasteiger partial charge in [-0.2, -0.15) is 0 Å². The standard InChI is InChI=1S/C24H24O4/c1-3-26-23(24(25)27-4-2)16-19-14-15-22(21-13-9-8-12-20(19)21)28-17-18-10-6-5-7-11-18/h5-16H,3-4,17H2,1-2H3. The van der Waals surface area contributed by atoms with Crippen molar-refractivity contribution in [3.8, 4) is 5.75 Å². The van der Waals surface area contributed by atoms with Gasteiger partial charge in [0.25, 0.3) is 0 Å². The summed E-state index contributed by atoms with van der Waals surface area (Å²) in [5.41, 5.74) is 1.98. The lowest BCUT2D eigenvalue weighted by molar-refractivity contribution is -0.142. The Kier molecular flexibility index (Phi) is 6.68. The first-order valence-corrected chi connectivity index (χ1v) is 9.43. The number of esters is 1. The zero-order valence-electron chi connectivity index (χ0n) is 16.2. The highest BCUT2D eigenvalue weighted by Crippen LogP contribution is 2.30. The fourth-order valence-corrected chi connectivity index (χ4v) is 2.94. The van der Waals surface area contributed by atoms with Crippen molar-refractivity contribution >= 4 is 22.8 Å². The Morgan fingerprint density at radius 1 is 0.821 bits per heavy atom. The minimum Gasteiger partial charge on any atom is -0.488 e. The highest BCUT2D eigenvalue weighted by molar-refractivity contribution is 5.99. The van der Waals surface area contributed by atoms with Crippen LogP contribution in [0, 0.1) is 0 Å². The third-order valence-electron chi connectivity index (χ3n) is 4.22. The minimum atomic E-state index is -0.460. The molecule has 3 aromatic rings. The maximum atomic E-state index is 12.2. The van der Waals surface area contributed by atoms with E-state index in [1.807, 2.05) is 73.7 Å². The zero-order chi connectivity index (χ0) is 19.8. The summed E-state index contributed by atoms with van der Waals surface area (Å²) in [6.07, 6.45) is 1.73. The van der Waals surface area contributed by atoms with Crippen molar-refractivity contribution in [3.05, 3.63) is 83.6 Å². The minimum absolute atomic E-state index is 0.201. The molecule has 0 radical (unpaired) electrons. The summed E-state index contributed by atoms with van der Waals surface area (Å²) >= 11 is 0. The van der Waals surface area contributed by atoms with Crippen molar-refractivity contribution in [2.75, 3.05) is 13.2 Å². The van der Waals surface area contributed by atoms with E-state index in [-0.39, 0.29) is 5.76 Å². The normalized spacial score (nSPS) is 11.3. The summed E-state index contributed by atoms with van der Waals surface area (Å²) in [5, 5.41) is 1.96. The summed E-state index contributed by atoms with van der Waals surface area (Å²) < 4.78 is 16.7. The number of hydrogen-bond acceptors (Lipinski definition) is 4. The van der Waals surface area contributed by atoms with E-state index in [4.69, 9.17) is 14.2 Å². The molecule has 0 heterocycles. The van der Waals surface area contributed by atoms with Crippen molar-refractivity contribution in [2.45, 2.75) is 20.5 Å². The topological polar surface area (TPSA) is 44.8 Å². The molecule has 0 atom stereocenters. The Hall–Kier alpha value is -3.27. The van der Waals surface area contributed by atoms with Crippen molar-refractivity contribution in [1.29, 1.82) is 0 Å². The van der Waals surface area contributed by atoms with E-state index >= 15 is 0 Å². The number of fused-ring (bicyclic) bond motifs is 1. The predicted molar refractivity (Wildman–Crippen MR) is 111 cm³/mol. The second-order valence-electron chi connectivity index (χ2n) is 6.13. The summed E-state index contributed by atoms with van der Waals surface area (Å²) in [4.78, 5) is 12.2. The van der Waals surface area contributed by atoms with E-state index in [9.17, 15) is 4.79 Å². The first-order chi connectivity index (χ1) is 13.7. The third kappa shape index (κ3) is 4.71. The molecule has 0 N–H and O–H groups in total. The third-order valence-corrected chi connectivity index (χ3v) is 4.22. The smallest absolute Gasteiger partial charge is 0.373 e. The number of carbonyl (C=O) groups is 1. The maximum absolute atomic E-state index is 12.2. The molecule has 0 spiro atoms. The highest BCUT2D eigenvalue weighted by Gasteiger charge is 2.14. The van der Waals surface area contributed by atoms with Gasteiger partial charge < -0.3 is 14.2 Å². The molecule has 0 aromatic heterocycles. The van der Waals surface area contributed by atoms with Crippen LogP contribution in [-0.2, 0) is 20.9 Å². The van der Waals surface area contributed by atoms with Gasteiger partial charge in [0.05, 0.1) is 13.2 Å². The summed E-state index contributed by atoms with van der Waals surface area (Å²) in [6.45, 7) is 4.80.